The van der Waals surface area contributed by atoms with Crippen LogP contribution in [-0.4, -0.2) is 22.7 Å². The fourth-order valence-corrected chi connectivity index (χ4v) is 5.15. The molecule has 0 aliphatic heterocycles. The van der Waals surface area contributed by atoms with Crippen LogP contribution in [0, 0.1) is 0 Å². The highest BCUT2D eigenvalue weighted by molar-refractivity contribution is 7.94. The summed E-state index contributed by atoms with van der Waals surface area (Å²) in [6, 6.07) is 8.60. The summed E-state index contributed by atoms with van der Waals surface area (Å²) in [6.07, 6.45) is 2.34. The zero-order valence-electron chi connectivity index (χ0n) is 13.7. The Morgan fingerprint density at radius 3 is 2.08 bits per heavy atom. The molecule has 0 spiro atoms. The van der Waals surface area contributed by atoms with E-state index in [1.807, 2.05) is 0 Å². The predicted octanol–water partition coefficient (Wildman–Crippen LogP) is 1.06. The number of benzene rings is 2. The molecule has 0 atom stereocenters. The molecular weight excluding hydrogens is 378 g/mol. The third kappa shape index (κ3) is 4.03. The molecule has 0 saturated heterocycles. The quantitative estimate of drug-likeness (QED) is 0.506. The van der Waals surface area contributed by atoms with Crippen LogP contribution < -0.4 is 16.2 Å². The first-order valence-electron chi connectivity index (χ1n) is 7.27. The standard InChI is InChI=1S/C16H17N3O5S2/c1-2-3-16(20)19-26(23,24)15-10-12(18)6-9-14(15)25(21,22)13-7-4-11(17)5-8-13/h2-10H,17-18H2,1H3,(H,19,20)/b3-2+. The summed E-state index contributed by atoms with van der Waals surface area (Å²) >= 11 is 0. The SMILES string of the molecule is C/C=C/C(=O)NS(=O)(=O)c1cc(N)ccc1S(=O)(=O)c1ccc(N)cc1. The first-order valence-corrected chi connectivity index (χ1v) is 10.2. The molecule has 1 amide bonds. The van der Waals surface area contributed by atoms with Crippen molar-refractivity contribution in [1.29, 1.82) is 0 Å². The van der Waals surface area contributed by atoms with E-state index in [1.54, 1.807) is 4.72 Å². The Morgan fingerprint density at radius 1 is 0.923 bits per heavy atom. The molecule has 0 fully saturated rings. The lowest BCUT2D eigenvalue weighted by molar-refractivity contribution is -0.114. The van der Waals surface area contributed by atoms with Gasteiger partial charge in [0.2, 0.25) is 9.84 Å². The Kier molecular flexibility index (Phi) is 5.38. The van der Waals surface area contributed by atoms with Gasteiger partial charge >= 0.3 is 0 Å². The molecule has 2 aromatic carbocycles. The van der Waals surface area contributed by atoms with E-state index in [9.17, 15) is 21.6 Å². The maximum Gasteiger partial charge on any atom is 0.265 e. The van der Waals surface area contributed by atoms with E-state index in [1.165, 1.54) is 43.3 Å². The second-order valence-electron chi connectivity index (χ2n) is 5.25. The maximum atomic E-state index is 12.9. The summed E-state index contributed by atoms with van der Waals surface area (Å²) in [4.78, 5) is 10.3. The van der Waals surface area contributed by atoms with Crippen molar-refractivity contribution in [3.05, 3.63) is 54.6 Å². The van der Waals surface area contributed by atoms with E-state index in [0.717, 1.165) is 18.2 Å². The molecular formula is C16H17N3O5S2. The van der Waals surface area contributed by atoms with Crippen LogP contribution in [0.3, 0.4) is 0 Å². The Labute approximate surface area is 151 Å². The first kappa shape index (κ1) is 19.5. The van der Waals surface area contributed by atoms with Crippen LogP contribution >= 0.6 is 0 Å². The monoisotopic (exact) mass is 395 g/mol. The Balaban J connectivity index is 2.65. The molecule has 0 aliphatic rings. The van der Waals surface area contributed by atoms with Crippen molar-refractivity contribution >= 4 is 37.1 Å². The first-order chi connectivity index (χ1) is 12.1. The van der Waals surface area contributed by atoms with Crippen LogP contribution in [0.4, 0.5) is 11.4 Å². The van der Waals surface area contributed by atoms with Crippen molar-refractivity contribution in [2.45, 2.75) is 21.6 Å². The van der Waals surface area contributed by atoms with Gasteiger partial charge in [-0.25, -0.2) is 21.6 Å². The number of nitrogens with two attached hydrogens (primary N) is 2. The number of anilines is 2. The summed E-state index contributed by atoms with van der Waals surface area (Å²) in [6.45, 7) is 1.53. The Morgan fingerprint density at radius 2 is 1.50 bits per heavy atom. The molecule has 2 aromatic rings. The average Bonchev–Trinajstić information content (AvgIpc) is 2.54. The van der Waals surface area contributed by atoms with Crippen LogP contribution in [0.2, 0.25) is 0 Å². The van der Waals surface area contributed by atoms with E-state index in [-0.39, 0.29) is 10.6 Å². The van der Waals surface area contributed by atoms with Crippen LogP contribution in [0.25, 0.3) is 0 Å². The number of rotatable bonds is 5. The number of amides is 1. The zero-order valence-corrected chi connectivity index (χ0v) is 15.3. The van der Waals surface area contributed by atoms with Gasteiger partial charge in [-0.05, 0) is 55.5 Å². The largest absolute Gasteiger partial charge is 0.399 e. The second kappa shape index (κ2) is 7.18. The van der Waals surface area contributed by atoms with Crippen LogP contribution in [-0.2, 0) is 24.7 Å². The van der Waals surface area contributed by atoms with E-state index in [4.69, 9.17) is 11.5 Å². The minimum Gasteiger partial charge on any atom is -0.399 e. The van der Waals surface area contributed by atoms with E-state index < -0.39 is 35.6 Å². The van der Waals surface area contributed by atoms with Gasteiger partial charge in [0.1, 0.15) is 4.90 Å². The van der Waals surface area contributed by atoms with E-state index in [2.05, 4.69) is 0 Å². The predicted molar refractivity (Wildman–Crippen MR) is 97.3 cm³/mol. The smallest absolute Gasteiger partial charge is 0.265 e. The molecule has 0 unspecified atom stereocenters. The van der Waals surface area contributed by atoms with Crippen molar-refractivity contribution in [1.82, 2.24) is 4.72 Å². The molecule has 8 nitrogen and oxygen atoms in total. The molecule has 26 heavy (non-hydrogen) atoms. The van der Waals surface area contributed by atoms with Crippen LogP contribution in [0.5, 0.6) is 0 Å². The third-order valence-corrected chi connectivity index (χ3v) is 6.63. The van der Waals surface area contributed by atoms with Crippen molar-refractivity contribution in [3.63, 3.8) is 0 Å². The number of carbonyl (C=O) groups excluding carboxylic acids is 1. The maximum absolute atomic E-state index is 12.9. The molecule has 0 radical (unpaired) electrons. The Bertz CT molecular complexity index is 1070. The molecule has 5 N–H and O–H groups in total. The fourth-order valence-electron chi connectivity index (χ4n) is 2.10. The number of carbonyl (C=O) groups is 1. The molecule has 0 saturated carbocycles. The number of nitrogen functional groups attached to an aromatic ring is 2. The topological polar surface area (TPSA) is 149 Å². The highest BCUT2D eigenvalue weighted by atomic mass is 32.2. The second-order valence-corrected chi connectivity index (χ2v) is 8.82. The molecule has 0 bridgehead atoms. The average molecular weight is 395 g/mol. The van der Waals surface area contributed by atoms with Crippen LogP contribution in [0.15, 0.2) is 69.3 Å². The van der Waals surface area contributed by atoms with Gasteiger partial charge in [0.25, 0.3) is 15.9 Å². The minimum absolute atomic E-state index is 0.0279. The van der Waals surface area contributed by atoms with Gasteiger partial charge in [-0.15, -0.1) is 0 Å². The van der Waals surface area contributed by atoms with Gasteiger partial charge < -0.3 is 11.5 Å². The van der Waals surface area contributed by atoms with Crippen molar-refractivity contribution in [3.8, 4) is 0 Å². The lowest BCUT2D eigenvalue weighted by Crippen LogP contribution is -2.30. The summed E-state index contributed by atoms with van der Waals surface area (Å²) in [5.41, 5.74) is 11.5. The molecule has 0 heterocycles. The van der Waals surface area contributed by atoms with Crippen LogP contribution in [0.1, 0.15) is 6.92 Å². The summed E-state index contributed by atoms with van der Waals surface area (Å²) in [5, 5.41) is 0. The Hall–Kier alpha value is -2.85. The highest BCUT2D eigenvalue weighted by Crippen LogP contribution is 2.29. The van der Waals surface area contributed by atoms with E-state index >= 15 is 0 Å². The number of hydrogen-bond donors (Lipinski definition) is 3. The van der Waals surface area contributed by atoms with Gasteiger partial charge in [0.15, 0.2) is 0 Å². The van der Waals surface area contributed by atoms with Gasteiger partial charge in [0, 0.05) is 11.4 Å². The summed E-state index contributed by atoms with van der Waals surface area (Å²) in [7, 11) is -8.66. The number of sulfone groups is 1. The van der Waals surface area contributed by atoms with Crippen molar-refractivity contribution < 1.29 is 21.6 Å². The lowest BCUT2D eigenvalue weighted by atomic mass is 10.3. The van der Waals surface area contributed by atoms with Gasteiger partial charge in [-0.3, -0.25) is 4.79 Å². The molecule has 0 aliphatic carbocycles. The molecule has 10 heteroatoms. The van der Waals surface area contributed by atoms with Gasteiger partial charge in [-0.2, -0.15) is 0 Å². The third-order valence-electron chi connectivity index (χ3n) is 3.29. The molecule has 138 valence electrons. The van der Waals surface area contributed by atoms with Gasteiger partial charge in [0.05, 0.1) is 9.79 Å². The number of hydrogen-bond acceptors (Lipinski definition) is 7. The molecule has 0 aromatic heterocycles. The minimum atomic E-state index is -4.47. The van der Waals surface area contributed by atoms with Gasteiger partial charge in [-0.1, -0.05) is 6.08 Å². The fraction of sp³-hybridized carbons (Fsp3) is 0.0625. The summed E-state index contributed by atoms with van der Waals surface area (Å²) < 4.78 is 52.5. The lowest BCUT2D eigenvalue weighted by Gasteiger charge is -2.12. The summed E-state index contributed by atoms with van der Waals surface area (Å²) in [5.74, 6) is -0.911. The zero-order chi connectivity index (χ0) is 19.5. The number of allylic oxidation sites excluding steroid dienone is 1. The number of nitrogens with one attached hydrogen (secondary N) is 1. The molecule has 2 rings (SSSR count). The van der Waals surface area contributed by atoms with Crippen molar-refractivity contribution in [2.75, 3.05) is 11.5 Å². The van der Waals surface area contributed by atoms with E-state index in [0.29, 0.717) is 5.69 Å². The number of sulfonamides is 1. The normalized spacial score (nSPS) is 12.2. The highest BCUT2D eigenvalue weighted by Gasteiger charge is 2.29. The van der Waals surface area contributed by atoms with Crippen molar-refractivity contribution in [2.24, 2.45) is 0 Å².